The van der Waals surface area contributed by atoms with E-state index in [1.807, 2.05) is 30.0 Å². The Labute approximate surface area is 124 Å². The fourth-order valence-electron chi connectivity index (χ4n) is 2.08. The molecule has 0 N–H and O–H groups in total. The second kappa shape index (κ2) is 7.66. The third-order valence-corrected chi connectivity index (χ3v) is 4.28. The van der Waals surface area contributed by atoms with Crippen molar-refractivity contribution in [3.63, 3.8) is 0 Å². The van der Waals surface area contributed by atoms with Crippen LogP contribution in [0.1, 0.15) is 18.9 Å². The Morgan fingerprint density at radius 2 is 2.00 bits per heavy atom. The highest BCUT2D eigenvalue weighted by atomic mass is 35.5. The van der Waals surface area contributed by atoms with Gasteiger partial charge in [0, 0.05) is 5.56 Å². The lowest BCUT2D eigenvalue weighted by Gasteiger charge is -2.12. The van der Waals surface area contributed by atoms with Crippen LogP contribution in [-0.4, -0.2) is 18.1 Å². The van der Waals surface area contributed by atoms with Crippen LogP contribution >= 0.6 is 23.4 Å². The molecule has 2 rings (SSSR count). The molecule has 0 unspecified atom stereocenters. The number of fused-ring (bicyclic) bond motifs is 1. The van der Waals surface area contributed by atoms with Gasteiger partial charge in [0.15, 0.2) is 0 Å². The maximum absolute atomic E-state index is 6.09. The molecule has 0 bridgehead atoms. The second-order valence-electron chi connectivity index (χ2n) is 4.30. The highest BCUT2D eigenvalue weighted by Crippen LogP contribution is 2.29. The van der Waals surface area contributed by atoms with Crippen LogP contribution in [0.5, 0.6) is 5.75 Å². The Balaban J connectivity index is 2.10. The van der Waals surface area contributed by atoms with Crippen molar-refractivity contribution >= 4 is 34.1 Å². The molecule has 0 atom stereocenters. The van der Waals surface area contributed by atoms with Crippen molar-refractivity contribution in [1.82, 2.24) is 0 Å². The van der Waals surface area contributed by atoms with Gasteiger partial charge in [-0.15, -0.1) is 11.6 Å². The zero-order chi connectivity index (χ0) is 13.5. The minimum atomic E-state index is 0.487. The number of rotatable bonds is 7. The summed E-state index contributed by atoms with van der Waals surface area (Å²) in [4.78, 5) is 0. The maximum atomic E-state index is 6.09. The Morgan fingerprint density at radius 1 is 1.16 bits per heavy atom. The van der Waals surface area contributed by atoms with Gasteiger partial charge < -0.3 is 4.74 Å². The minimum Gasteiger partial charge on any atom is -0.493 e. The van der Waals surface area contributed by atoms with Crippen molar-refractivity contribution in [2.24, 2.45) is 0 Å². The van der Waals surface area contributed by atoms with Gasteiger partial charge in [-0.05, 0) is 34.8 Å². The van der Waals surface area contributed by atoms with E-state index >= 15 is 0 Å². The number of alkyl halides is 1. The highest BCUT2D eigenvalue weighted by molar-refractivity contribution is 7.99. The molecule has 2 aromatic rings. The molecule has 0 aliphatic heterocycles. The molecule has 0 amide bonds. The summed E-state index contributed by atoms with van der Waals surface area (Å²) in [5.74, 6) is 3.74. The molecule has 1 nitrogen and oxygen atoms in total. The van der Waals surface area contributed by atoms with Gasteiger partial charge in [-0.1, -0.05) is 37.3 Å². The van der Waals surface area contributed by atoms with Gasteiger partial charge in [-0.3, -0.25) is 0 Å². The minimum absolute atomic E-state index is 0.487. The topological polar surface area (TPSA) is 9.23 Å². The summed E-state index contributed by atoms with van der Waals surface area (Å²) in [6.07, 6.45) is 1.08. The Kier molecular flexibility index (Phi) is 5.87. The fourth-order valence-corrected chi connectivity index (χ4v) is 2.96. The molecule has 0 saturated carbocycles. The van der Waals surface area contributed by atoms with E-state index in [-0.39, 0.29) is 0 Å². The van der Waals surface area contributed by atoms with E-state index in [1.54, 1.807) is 0 Å². The summed E-state index contributed by atoms with van der Waals surface area (Å²) in [6.45, 7) is 2.94. The highest BCUT2D eigenvalue weighted by Gasteiger charge is 2.07. The Hall–Kier alpha value is -0.860. The first-order chi connectivity index (χ1) is 9.36. The van der Waals surface area contributed by atoms with Crippen LogP contribution in [0.2, 0.25) is 0 Å². The van der Waals surface area contributed by atoms with Crippen LogP contribution in [0.15, 0.2) is 36.4 Å². The number of hydrogen-bond donors (Lipinski definition) is 0. The van der Waals surface area contributed by atoms with E-state index in [2.05, 4.69) is 25.1 Å². The van der Waals surface area contributed by atoms with Gasteiger partial charge in [0.05, 0.1) is 12.5 Å². The SMILES string of the molecule is CCSCCCOc1ccc2ccccc2c1CCl. The summed E-state index contributed by atoms with van der Waals surface area (Å²) >= 11 is 8.04. The molecule has 0 saturated heterocycles. The van der Waals surface area contributed by atoms with Gasteiger partial charge in [0.1, 0.15) is 5.75 Å². The average Bonchev–Trinajstić information content (AvgIpc) is 2.46. The lowest BCUT2D eigenvalue weighted by Crippen LogP contribution is -2.01. The number of thioether (sulfide) groups is 1. The fraction of sp³-hybridized carbons (Fsp3) is 0.375. The zero-order valence-corrected chi connectivity index (χ0v) is 12.8. The van der Waals surface area contributed by atoms with Gasteiger partial charge in [-0.25, -0.2) is 0 Å². The van der Waals surface area contributed by atoms with Crippen LogP contribution < -0.4 is 4.74 Å². The number of benzene rings is 2. The number of halogens is 1. The standard InChI is InChI=1S/C16H19ClOS/c1-2-19-11-5-10-18-16-9-8-13-6-3-4-7-14(13)15(16)12-17/h3-4,6-9H,2,5,10-12H2,1H3. The monoisotopic (exact) mass is 294 g/mol. The van der Waals surface area contributed by atoms with E-state index in [4.69, 9.17) is 16.3 Å². The first-order valence-electron chi connectivity index (χ1n) is 6.64. The first-order valence-corrected chi connectivity index (χ1v) is 8.33. The molecule has 0 aliphatic rings. The normalized spacial score (nSPS) is 10.8. The third-order valence-electron chi connectivity index (χ3n) is 3.03. The van der Waals surface area contributed by atoms with E-state index < -0.39 is 0 Å². The second-order valence-corrected chi connectivity index (χ2v) is 5.96. The van der Waals surface area contributed by atoms with Crippen molar-refractivity contribution in [3.05, 3.63) is 42.0 Å². The van der Waals surface area contributed by atoms with Crippen LogP contribution in [0.25, 0.3) is 10.8 Å². The maximum Gasteiger partial charge on any atom is 0.124 e. The van der Waals surface area contributed by atoms with Gasteiger partial charge >= 0.3 is 0 Å². The molecular formula is C16H19ClOS. The van der Waals surface area contributed by atoms with E-state index in [0.717, 1.165) is 30.1 Å². The Bertz CT molecular complexity index is 527. The smallest absolute Gasteiger partial charge is 0.124 e. The molecule has 3 heteroatoms. The van der Waals surface area contributed by atoms with Crippen molar-refractivity contribution in [2.45, 2.75) is 19.2 Å². The van der Waals surface area contributed by atoms with E-state index in [9.17, 15) is 0 Å². The lowest BCUT2D eigenvalue weighted by atomic mass is 10.0. The molecule has 0 fully saturated rings. The average molecular weight is 295 g/mol. The Morgan fingerprint density at radius 3 is 2.79 bits per heavy atom. The summed E-state index contributed by atoms with van der Waals surface area (Å²) in [7, 11) is 0. The largest absolute Gasteiger partial charge is 0.493 e. The molecular weight excluding hydrogens is 276 g/mol. The number of hydrogen-bond acceptors (Lipinski definition) is 2. The van der Waals surface area contributed by atoms with Crippen LogP contribution in [-0.2, 0) is 5.88 Å². The van der Waals surface area contributed by atoms with E-state index in [0.29, 0.717) is 5.88 Å². The van der Waals surface area contributed by atoms with Crippen molar-refractivity contribution in [1.29, 1.82) is 0 Å². The molecule has 0 aliphatic carbocycles. The molecule has 19 heavy (non-hydrogen) atoms. The molecule has 0 spiro atoms. The van der Waals surface area contributed by atoms with Gasteiger partial charge in [-0.2, -0.15) is 11.8 Å². The molecule has 0 radical (unpaired) electrons. The summed E-state index contributed by atoms with van der Waals surface area (Å²) in [6, 6.07) is 12.4. The summed E-state index contributed by atoms with van der Waals surface area (Å²) in [5.41, 5.74) is 1.10. The predicted molar refractivity (Wildman–Crippen MR) is 86.6 cm³/mol. The van der Waals surface area contributed by atoms with Crippen molar-refractivity contribution in [3.8, 4) is 5.75 Å². The van der Waals surface area contributed by atoms with Crippen molar-refractivity contribution in [2.75, 3.05) is 18.1 Å². The van der Waals surface area contributed by atoms with Crippen molar-refractivity contribution < 1.29 is 4.74 Å². The van der Waals surface area contributed by atoms with Crippen LogP contribution in [0.3, 0.4) is 0 Å². The number of ether oxygens (including phenoxy) is 1. The quantitative estimate of drug-likeness (QED) is 0.519. The molecule has 2 aromatic carbocycles. The van der Waals surface area contributed by atoms with Crippen LogP contribution in [0.4, 0.5) is 0 Å². The van der Waals surface area contributed by atoms with Gasteiger partial charge in [0.2, 0.25) is 0 Å². The molecule has 0 aromatic heterocycles. The predicted octanol–water partition coefficient (Wildman–Crippen LogP) is 5.10. The molecule has 0 heterocycles. The zero-order valence-electron chi connectivity index (χ0n) is 11.2. The third kappa shape index (κ3) is 3.80. The molecule has 102 valence electrons. The van der Waals surface area contributed by atoms with E-state index in [1.165, 1.54) is 16.5 Å². The van der Waals surface area contributed by atoms with Gasteiger partial charge in [0.25, 0.3) is 0 Å². The summed E-state index contributed by atoms with van der Waals surface area (Å²) in [5, 5.41) is 2.41. The van der Waals surface area contributed by atoms with Crippen LogP contribution in [0, 0.1) is 0 Å². The first kappa shape index (κ1) is 14.5. The lowest BCUT2D eigenvalue weighted by molar-refractivity contribution is 0.317. The summed E-state index contributed by atoms with van der Waals surface area (Å²) < 4.78 is 5.88.